The number of amides is 1. The molecule has 1 N–H and O–H groups in total. The van der Waals surface area contributed by atoms with Gasteiger partial charge in [0.1, 0.15) is 0 Å². The Kier molecular flexibility index (Phi) is 8.15. The van der Waals surface area contributed by atoms with E-state index in [0.717, 1.165) is 0 Å². The number of hydrogen-bond acceptors (Lipinski definition) is 5. The van der Waals surface area contributed by atoms with Crippen LogP contribution in [0.25, 0.3) is 0 Å². The molecule has 0 aliphatic carbocycles. The molecule has 1 amide bonds. The second-order valence-corrected chi connectivity index (χ2v) is 7.62. The molecule has 0 aromatic carbocycles. The van der Waals surface area contributed by atoms with E-state index in [1.807, 2.05) is 11.8 Å². The number of rotatable bonds is 6. The molecule has 134 valence electrons. The lowest BCUT2D eigenvalue weighted by Gasteiger charge is -2.35. The number of carbonyl (C=O) groups excluding carboxylic acids is 1. The number of sulfone groups is 1. The van der Waals surface area contributed by atoms with Gasteiger partial charge in [0.25, 0.3) is 0 Å². The van der Waals surface area contributed by atoms with E-state index in [0.29, 0.717) is 45.3 Å². The largest absolute Gasteiger partial charge is 0.450 e. The minimum absolute atomic E-state index is 0.0567. The van der Waals surface area contributed by atoms with Gasteiger partial charge >= 0.3 is 6.09 Å². The Bertz CT molecular complexity index is 499. The SMILES string of the molecule is CCNC(=NCCS(=O)(=O)CC)N1CCN(C(=O)OCC)CC1. The zero-order chi connectivity index (χ0) is 17.3. The van der Waals surface area contributed by atoms with Crippen molar-refractivity contribution in [1.29, 1.82) is 0 Å². The van der Waals surface area contributed by atoms with Gasteiger partial charge in [0.15, 0.2) is 15.8 Å². The second kappa shape index (κ2) is 9.59. The van der Waals surface area contributed by atoms with Crippen LogP contribution in [-0.4, -0.2) is 87.7 Å². The molecule has 1 saturated heterocycles. The van der Waals surface area contributed by atoms with Crippen molar-refractivity contribution in [1.82, 2.24) is 15.1 Å². The molecule has 23 heavy (non-hydrogen) atoms. The monoisotopic (exact) mass is 348 g/mol. The maximum absolute atomic E-state index is 11.7. The van der Waals surface area contributed by atoms with Crippen LogP contribution < -0.4 is 5.32 Å². The van der Waals surface area contributed by atoms with Crippen molar-refractivity contribution in [3.63, 3.8) is 0 Å². The van der Waals surface area contributed by atoms with Crippen molar-refractivity contribution in [2.24, 2.45) is 4.99 Å². The molecule has 0 bridgehead atoms. The summed E-state index contributed by atoms with van der Waals surface area (Å²) in [6.45, 7) is 9.13. The first-order valence-electron chi connectivity index (χ1n) is 8.08. The molecule has 0 atom stereocenters. The molecular formula is C14H28N4O4S. The van der Waals surface area contributed by atoms with Crippen LogP contribution in [0.15, 0.2) is 4.99 Å². The van der Waals surface area contributed by atoms with Gasteiger partial charge in [-0.15, -0.1) is 0 Å². The van der Waals surface area contributed by atoms with Crippen molar-refractivity contribution in [2.45, 2.75) is 20.8 Å². The Morgan fingerprint density at radius 1 is 1.13 bits per heavy atom. The summed E-state index contributed by atoms with van der Waals surface area (Å²) < 4.78 is 28.1. The standard InChI is InChI=1S/C14H28N4O4S/c1-4-15-13(16-7-12-23(20,21)6-3)17-8-10-18(11-9-17)14(19)22-5-2/h4-12H2,1-3H3,(H,15,16). The summed E-state index contributed by atoms with van der Waals surface area (Å²) in [6, 6.07) is 0. The van der Waals surface area contributed by atoms with E-state index in [1.165, 1.54) is 0 Å². The molecule has 1 aliphatic heterocycles. The molecule has 0 unspecified atom stereocenters. The third kappa shape index (κ3) is 6.64. The third-order valence-corrected chi connectivity index (χ3v) is 5.23. The fourth-order valence-corrected chi connectivity index (χ4v) is 2.83. The van der Waals surface area contributed by atoms with Crippen LogP contribution >= 0.6 is 0 Å². The second-order valence-electron chi connectivity index (χ2n) is 5.15. The van der Waals surface area contributed by atoms with E-state index in [-0.39, 0.29) is 24.1 Å². The topological polar surface area (TPSA) is 91.3 Å². The van der Waals surface area contributed by atoms with Gasteiger partial charge in [0.05, 0.1) is 18.9 Å². The molecule has 0 radical (unpaired) electrons. The summed E-state index contributed by atoms with van der Waals surface area (Å²) in [4.78, 5) is 19.8. The lowest BCUT2D eigenvalue weighted by Crippen LogP contribution is -2.54. The molecular weight excluding hydrogens is 320 g/mol. The molecule has 8 nitrogen and oxygen atoms in total. The van der Waals surface area contributed by atoms with E-state index in [1.54, 1.807) is 18.7 Å². The van der Waals surface area contributed by atoms with Gasteiger partial charge < -0.3 is 19.9 Å². The number of piperazine rings is 1. The zero-order valence-corrected chi connectivity index (χ0v) is 15.1. The number of guanidine groups is 1. The number of carbonyl (C=O) groups is 1. The smallest absolute Gasteiger partial charge is 0.409 e. The van der Waals surface area contributed by atoms with Crippen LogP contribution in [0, 0.1) is 0 Å². The first-order chi connectivity index (χ1) is 10.9. The number of hydrogen-bond donors (Lipinski definition) is 1. The van der Waals surface area contributed by atoms with Crippen LogP contribution in [0.4, 0.5) is 4.79 Å². The van der Waals surface area contributed by atoms with E-state index < -0.39 is 9.84 Å². The fourth-order valence-electron chi connectivity index (χ4n) is 2.18. The molecule has 1 rings (SSSR count). The van der Waals surface area contributed by atoms with Gasteiger partial charge in [-0.25, -0.2) is 13.2 Å². The maximum atomic E-state index is 11.7. The fraction of sp³-hybridized carbons (Fsp3) is 0.857. The number of aliphatic imine (C=N–C) groups is 1. The summed E-state index contributed by atoms with van der Waals surface area (Å²) in [7, 11) is -3.01. The Balaban J connectivity index is 2.57. The highest BCUT2D eigenvalue weighted by Crippen LogP contribution is 2.04. The average molecular weight is 348 g/mol. The summed E-state index contributed by atoms with van der Waals surface area (Å²) in [5, 5.41) is 3.17. The van der Waals surface area contributed by atoms with E-state index in [9.17, 15) is 13.2 Å². The normalized spacial score (nSPS) is 16.4. The van der Waals surface area contributed by atoms with Crippen LogP contribution in [0.3, 0.4) is 0 Å². The average Bonchev–Trinajstić information content (AvgIpc) is 2.54. The van der Waals surface area contributed by atoms with Crippen LogP contribution in [0.5, 0.6) is 0 Å². The summed E-state index contributed by atoms with van der Waals surface area (Å²) in [5.74, 6) is 0.890. The molecule has 1 aliphatic rings. The first-order valence-corrected chi connectivity index (χ1v) is 9.91. The van der Waals surface area contributed by atoms with Crippen molar-refractivity contribution >= 4 is 21.9 Å². The highest BCUT2D eigenvalue weighted by Gasteiger charge is 2.23. The van der Waals surface area contributed by atoms with Gasteiger partial charge in [0, 0.05) is 38.5 Å². The zero-order valence-electron chi connectivity index (χ0n) is 14.2. The molecule has 0 aromatic heterocycles. The molecule has 1 heterocycles. The van der Waals surface area contributed by atoms with Crippen molar-refractivity contribution < 1.29 is 17.9 Å². The van der Waals surface area contributed by atoms with Crippen molar-refractivity contribution in [3.8, 4) is 0 Å². The van der Waals surface area contributed by atoms with Crippen LogP contribution in [0.1, 0.15) is 20.8 Å². The molecule has 1 fully saturated rings. The summed E-state index contributed by atoms with van der Waals surface area (Å²) in [6.07, 6.45) is -0.289. The molecule has 0 spiro atoms. The summed E-state index contributed by atoms with van der Waals surface area (Å²) in [5.41, 5.74) is 0. The highest BCUT2D eigenvalue weighted by atomic mass is 32.2. The van der Waals surface area contributed by atoms with Crippen molar-refractivity contribution in [3.05, 3.63) is 0 Å². The van der Waals surface area contributed by atoms with Gasteiger partial charge in [0.2, 0.25) is 0 Å². The quantitative estimate of drug-likeness (QED) is 0.543. The predicted molar refractivity (Wildman–Crippen MR) is 90.5 cm³/mol. The Morgan fingerprint density at radius 3 is 2.26 bits per heavy atom. The first kappa shape index (κ1) is 19.5. The minimum Gasteiger partial charge on any atom is -0.450 e. The van der Waals surface area contributed by atoms with Gasteiger partial charge in [-0.1, -0.05) is 6.92 Å². The molecule has 0 aromatic rings. The van der Waals surface area contributed by atoms with Gasteiger partial charge in [-0.05, 0) is 13.8 Å². The third-order valence-electron chi connectivity index (χ3n) is 3.54. The number of ether oxygens (including phenoxy) is 1. The maximum Gasteiger partial charge on any atom is 0.409 e. The lowest BCUT2D eigenvalue weighted by molar-refractivity contribution is 0.0914. The van der Waals surface area contributed by atoms with E-state index >= 15 is 0 Å². The predicted octanol–water partition coefficient (Wildman–Crippen LogP) is 0.161. The van der Waals surface area contributed by atoms with E-state index in [2.05, 4.69) is 10.3 Å². The highest BCUT2D eigenvalue weighted by molar-refractivity contribution is 7.91. The van der Waals surface area contributed by atoms with Crippen LogP contribution in [-0.2, 0) is 14.6 Å². The van der Waals surface area contributed by atoms with Crippen molar-refractivity contribution in [2.75, 3.05) is 57.4 Å². The van der Waals surface area contributed by atoms with E-state index in [4.69, 9.17) is 4.74 Å². The Labute approximate surface area is 138 Å². The Morgan fingerprint density at radius 2 is 1.74 bits per heavy atom. The number of nitrogens with zero attached hydrogens (tertiary/aromatic N) is 3. The van der Waals surface area contributed by atoms with Gasteiger partial charge in [-0.2, -0.15) is 0 Å². The lowest BCUT2D eigenvalue weighted by atomic mass is 10.3. The molecule has 0 saturated carbocycles. The summed E-state index contributed by atoms with van der Waals surface area (Å²) >= 11 is 0. The molecule has 9 heteroatoms. The van der Waals surface area contributed by atoms with Crippen LogP contribution in [0.2, 0.25) is 0 Å². The Hall–Kier alpha value is -1.51. The minimum atomic E-state index is -3.01. The van der Waals surface area contributed by atoms with Gasteiger partial charge in [-0.3, -0.25) is 4.99 Å². The number of nitrogens with one attached hydrogen (secondary N) is 1.